The fraction of sp³-hybridized carbons (Fsp3) is 0.200. The van der Waals surface area contributed by atoms with E-state index in [1.807, 2.05) is 0 Å². The predicted octanol–water partition coefficient (Wildman–Crippen LogP) is 3.85. The molecule has 2 aromatic carbocycles. The fourth-order valence-electron chi connectivity index (χ4n) is 2.81. The number of rotatable bonds is 7. The van der Waals surface area contributed by atoms with E-state index in [1.165, 1.54) is 29.5 Å². The van der Waals surface area contributed by atoms with Crippen LogP contribution in [0.25, 0.3) is 10.2 Å². The van der Waals surface area contributed by atoms with Crippen LogP contribution in [0.15, 0.2) is 65.0 Å². The highest BCUT2D eigenvalue weighted by molar-refractivity contribution is 7.91. The summed E-state index contributed by atoms with van der Waals surface area (Å²) >= 11 is 1.18. The zero-order valence-electron chi connectivity index (χ0n) is 15.3. The first-order chi connectivity index (χ1) is 13.8. The Hall–Kier alpha value is -2.65. The molecular formula is C20H18F2N2O3S2. The van der Waals surface area contributed by atoms with Crippen LogP contribution in [-0.4, -0.2) is 24.6 Å². The largest absolute Gasteiger partial charge is 0.310 e. The highest BCUT2D eigenvalue weighted by Crippen LogP contribution is 2.20. The smallest absolute Gasteiger partial charge is 0.248 e. The number of hydrogen-bond acceptors (Lipinski definition) is 4. The van der Waals surface area contributed by atoms with Gasteiger partial charge in [-0.05, 0) is 42.8 Å². The number of para-hydroxylation sites is 1. The van der Waals surface area contributed by atoms with Crippen LogP contribution in [-0.2, 0) is 21.2 Å². The van der Waals surface area contributed by atoms with Gasteiger partial charge in [0.2, 0.25) is 5.91 Å². The van der Waals surface area contributed by atoms with Crippen LogP contribution in [0.3, 0.4) is 0 Å². The first kappa shape index (κ1) is 21.1. The lowest BCUT2D eigenvalue weighted by atomic mass is 10.3. The molecule has 9 heteroatoms. The predicted molar refractivity (Wildman–Crippen MR) is 108 cm³/mol. The molecule has 0 unspecified atom stereocenters. The molecule has 1 amide bonds. The molecule has 0 atom stereocenters. The van der Waals surface area contributed by atoms with Crippen molar-refractivity contribution in [2.75, 3.05) is 5.75 Å². The molecule has 0 spiro atoms. The third-order valence-electron chi connectivity index (χ3n) is 4.16. The van der Waals surface area contributed by atoms with Gasteiger partial charge in [0.1, 0.15) is 11.6 Å². The lowest BCUT2D eigenvalue weighted by molar-refractivity contribution is -0.118. The Morgan fingerprint density at radius 1 is 1.17 bits per heavy atom. The molecule has 3 rings (SSSR count). The summed E-state index contributed by atoms with van der Waals surface area (Å²) in [6, 6.07) is 9.20. The highest BCUT2D eigenvalue weighted by atomic mass is 32.2. The van der Waals surface area contributed by atoms with E-state index in [9.17, 15) is 22.0 Å². The molecule has 3 aromatic rings. The second-order valence-electron chi connectivity index (χ2n) is 6.25. The molecule has 0 aliphatic carbocycles. The Balaban J connectivity index is 1.76. The average molecular weight is 437 g/mol. The Morgan fingerprint density at radius 3 is 2.59 bits per heavy atom. The average Bonchev–Trinajstić information content (AvgIpc) is 3.00. The molecule has 0 aliphatic rings. The summed E-state index contributed by atoms with van der Waals surface area (Å²) in [6.45, 7) is 3.93. The van der Waals surface area contributed by atoms with E-state index in [1.54, 1.807) is 22.8 Å². The molecular weight excluding hydrogens is 418 g/mol. The van der Waals surface area contributed by atoms with Crippen molar-refractivity contribution in [2.45, 2.75) is 24.3 Å². The summed E-state index contributed by atoms with van der Waals surface area (Å²) in [4.78, 5) is 16.6. The lowest BCUT2D eigenvalue weighted by Gasteiger charge is -2.03. The number of carbonyl (C=O) groups excluding carboxylic acids is 1. The number of fused-ring (bicyclic) bond motifs is 1. The topological polar surface area (TPSA) is 68.5 Å². The zero-order valence-corrected chi connectivity index (χ0v) is 17.0. The maximum atomic E-state index is 14.2. The monoisotopic (exact) mass is 436 g/mol. The molecule has 0 fully saturated rings. The van der Waals surface area contributed by atoms with Crippen molar-refractivity contribution in [3.8, 4) is 0 Å². The minimum atomic E-state index is -3.61. The van der Waals surface area contributed by atoms with Gasteiger partial charge in [-0.15, -0.1) is 6.58 Å². The van der Waals surface area contributed by atoms with Crippen molar-refractivity contribution in [2.24, 2.45) is 4.99 Å². The highest BCUT2D eigenvalue weighted by Gasteiger charge is 2.16. The van der Waals surface area contributed by atoms with E-state index < -0.39 is 27.4 Å². The number of benzene rings is 2. The maximum absolute atomic E-state index is 14.2. The Morgan fingerprint density at radius 2 is 1.90 bits per heavy atom. The molecule has 0 radical (unpaired) electrons. The maximum Gasteiger partial charge on any atom is 0.248 e. The van der Waals surface area contributed by atoms with E-state index in [4.69, 9.17) is 0 Å². The van der Waals surface area contributed by atoms with E-state index in [2.05, 4.69) is 11.6 Å². The van der Waals surface area contributed by atoms with Crippen LogP contribution >= 0.6 is 11.3 Å². The third kappa shape index (κ3) is 4.86. The molecule has 5 nitrogen and oxygen atoms in total. The van der Waals surface area contributed by atoms with E-state index >= 15 is 0 Å². The van der Waals surface area contributed by atoms with Crippen molar-refractivity contribution in [3.05, 3.63) is 71.6 Å². The van der Waals surface area contributed by atoms with Gasteiger partial charge in [-0.1, -0.05) is 23.5 Å². The molecule has 0 N–H and O–H groups in total. The van der Waals surface area contributed by atoms with E-state index in [0.29, 0.717) is 15.0 Å². The van der Waals surface area contributed by atoms with E-state index in [-0.39, 0.29) is 30.0 Å². The van der Waals surface area contributed by atoms with Gasteiger partial charge in [0, 0.05) is 13.0 Å². The van der Waals surface area contributed by atoms with Gasteiger partial charge < -0.3 is 4.57 Å². The van der Waals surface area contributed by atoms with Gasteiger partial charge in [0.15, 0.2) is 14.6 Å². The Labute approximate surface area is 170 Å². The second-order valence-corrected chi connectivity index (χ2v) is 9.37. The van der Waals surface area contributed by atoms with Crippen molar-refractivity contribution in [1.82, 2.24) is 4.57 Å². The number of halogens is 2. The van der Waals surface area contributed by atoms with Gasteiger partial charge in [-0.3, -0.25) is 4.79 Å². The molecule has 29 heavy (non-hydrogen) atoms. The van der Waals surface area contributed by atoms with Crippen molar-refractivity contribution in [3.63, 3.8) is 0 Å². The summed E-state index contributed by atoms with van der Waals surface area (Å²) in [7, 11) is -3.61. The standard InChI is InChI=1S/C20H18F2N2O3S2/c1-2-12-24-19-16(22)5-3-6-17(19)28-20(24)23-18(25)7-4-13-29(26,27)15-10-8-14(21)9-11-15/h2-3,5-6,8-11H,1,4,7,12-13H2. The fourth-order valence-corrected chi connectivity index (χ4v) is 5.19. The van der Waals surface area contributed by atoms with Crippen LogP contribution in [0.2, 0.25) is 0 Å². The summed E-state index contributed by atoms with van der Waals surface area (Å²) in [6.07, 6.45) is 1.57. The quantitative estimate of drug-likeness (QED) is 0.417. The summed E-state index contributed by atoms with van der Waals surface area (Å²) in [5.41, 5.74) is 0.350. The number of amides is 1. The number of carbonyl (C=O) groups is 1. The molecule has 0 saturated heterocycles. The van der Waals surface area contributed by atoms with Crippen molar-refractivity contribution >= 4 is 37.3 Å². The number of hydrogen-bond donors (Lipinski definition) is 0. The molecule has 152 valence electrons. The van der Waals surface area contributed by atoms with Gasteiger partial charge >= 0.3 is 0 Å². The number of nitrogens with zero attached hydrogens (tertiary/aromatic N) is 2. The summed E-state index contributed by atoms with van der Waals surface area (Å²) in [5, 5.41) is 0. The van der Waals surface area contributed by atoms with Crippen molar-refractivity contribution in [1.29, 1.82) is 0 Å². The Bertz CT molecular complexity index is 1230. The summed E-state index contributed by atoms with van der Waals surface area (Å²) < 4.78 is 53.9. The Kier molecular flexibility index (Phi) is 6.39. The van der Waals surface area contributed by atoms with Crippen LogP contribution < -0.4 is 4.80 Å². The van der Waals surface area contributed by atoms with Crippen LogP contribution in [0.1, 0.15) is 12.8 Å². The number of allylic oxidation sites excluding steroid dienone is 1. The molecule has 1 heterocycles. The molecule has 0 saturated carbocycles. The first-order valence-corrected chi connectivity index (χ1v) is 11.2. The van der Waals surface area contributed by atoms with Crippen LogP contribution in [0.5, 0.6) is 0 Å². The first-order valence-electron chi connectivity index (χ1n) is 8.76. The van der Waals surface area contributed by atoms with Gasteiger partial charge in [0.25, 0.3) is 0 Å². The van der Waals surface area contributed by atoms with Gasteiger partial charge in [0.05, 0.1) is 20.9 Å². The van der Waals surface area contributed by atoms with Crippen LogP contribution in [0, 0.1) is 11.6 Å². The zero-order chi connectivity index (χ0) is 21.0. The third-order valence-corrected chi connectivity index (χ3v) is 7.02. The molecule has 1 aromatic heterocycles. The summed E-state index contributed by atoms with van der Waals surface area (Å²) in [5.74, 6) is -1.69. The minimum absolute atomic E-state index is 0.00657. The number of aromatic nitrogens is 1. The normalized spacial score (nSPS) is 12.4. The molecule has 0 bridgehead atoms. The van der Waals surface area contributed by atoms with Gasteiger partial charge in [-0.25, -0.2) is 17.2 Å². The SMILES string of the molecule is C=CCn1c(=NC(=O)CCCS(=O)(=O)c2ccc(F)cc2)sc2cccc(F)c21. The van der Waals surface area contributed by atoms with E-state index in [0.717, 1.165) is 12.1 Å². The second kappa shape index (κ2) is 8.79. The van der Waals surface area contributed by atoms with Crippen LogP contribution in [0.4, 0.5) is 8.78 Å². The van der Waals surface area contributed by atoms with Crippen molar-refractivity contribution < 1.29 is 22.0 Å². The number of sulfone groups is 1. The minimum Gasteiger partial charge on any atom is -0.310 e. The lowest BCUT2D eigenvalue weighted by Crippen LogP contribution is -2.17. The molecule has 0 aliphatic heterocycles. The number of thiazole rings is 1. The van der Waals surface area contributed by atoms with Gasteiger partial charge in [-0.2, -0.15) is 4.99 Å².